The Balaban J connectivity index is 1.93. The topological polar surface area (TPSA) is 78.9 Å². The van der Waals surface area contributed by atoms with Gasteiger partial charge in [0.25, 0.3) is 0 Å². The van der Waals surface area contributed by atoms with E-state index in [0.29, 0.717) is 32.4 Å². The number of likely N-dealkylation sites (tertiary alicyclic amines) is 1. The highest BCUT2D eigenvalue weighted by atomic mass is 16.5. The van der Waals surface area contributed by atoms with Crippen molar-refractivity contribution in [2.75, 3.05) is 13.1 Å². The van der Waals surface area contributed by atoms with Gasteiger partial charge < -0.3 is 20.1 Å². The molecular formula is C19H26N2O4. The van der Waals surface area contributed by atoms with E-state index in [9.17, 15) is 9.59 Å². The van der Waals surface area contributed by atoms with Crippen LogP contribution in [0.4, 0.5) is 9.59 Å². The third kappa shape index (κ3) is 5.24. The maximum Gasteiger partial charge on any atom is 0.407 e. The lowest BCUT2D eigenvalue weighted by molar-refractivity contribution is 0.0854. The summed E-state index contributed by atoms with van der Waals surface area (Å²) in [5.74, 6) is 0.172. The summed E-state index contributed by atoms with van der Waals surface area (Å²) in [6.45, 7) is 6.94. The van der Waals surface area contributed by atoms with Crippen LogP contribution in [-0.4, -0.2) is 40.8 Å². The first-order chi connectivity index (χ1) is 11.9. The summed E-state index contributed by atoms with van der Waals surface area (Å²) in [4.78, 5) is 24.7. The van der Waals surface area contributed by atoms with Crippen LogP contribution in [0.15, 0.2) is 43.0 Å². The molecule has 0 aliphatic carbocycles. The van der Waals surface area contributed by atoms with E-state index in [4.69, 9.17) is 9.84 Å². The number of nitrogens with one attached hydrogen (secondary N) is 1. The summed E-state index contributed by atoms with van der Waals surface area (Å²) < 4.78 is 5.33. The Labute approximate surface area is 148 Å². The number of benzene rings is 1. The summed E-state index contributed by atoms with van der Waals surface area (Å²) in [5, 5.41) is 12.1. The number of nitrogens with zero attached hydrogens (tertiary/aromatic N) is 1. The molecule has 0 aromatic heterocycles. The average molecular weight is 346 g/mol. The second-order valence-electron chi connectivity index (χ2n) is 6.64. The predicted molar refractivity (Wildman–Crippen MR) is 95.3 cm³/mol. The Morgan fingerprint density at radius 3 is 2.56 bits per heavy atom. The summed E-state index contributed by atoms with van der Waals surface area (Å²) in [6, 6.07) is 9.51. The van der Waals surface area contributed by atoms with Crippen LogP contribution in [0.3, 0.4) is 0 Å². The normalized spacial score (nSPS) is 17.4. The van der Waals surface area contributed by atoms with Crippen LogP contribution in [0, 0.1) is 5.92 Å². The molecule has 2 amide bonds. The van der Waals surface area contributed by atoms with Crippen LogP contribution in [-0.2, 0) is 11.3 Å². The molecule has 1 aromatic carbocycles. The van der Waals surface area contributed by atoms with Crippen LogP contribution in [0.2, 0.25) is 0 Å². The first-order valence-corrected chi connectivity index (χ1v) is 8.52. The monoisotopic (exact) mass is 346 g/mol. The second kappa shape index (κ2) is 8.55. The molecule has 2 rings (SSSR count). The fourth-order valence-corrected chi connectivity index (χ4v) is 3.32. The molecule has 1 unspecified atom stereocenters. The number of carbonyl (C=O) groups excluding carboxylic acids is 1. The molecule has 1 aliphatic rings. The highest BCUT2D eigenvalue weighted by Gasteiger charge is 2.38. The Morgan fingerprint density at radius 2 is 2.00 bits per heavy atom. The summed E-state index contributed by atoms with van der Waals surface area (Å²) in [5.41, 5.74) is 0.429. The molecule has 0 spiro atoms. The van der Waals surface area contributed by atoms with E-state index in [0.717, 1.165) is 5.56 Å². The SMILES string of the molecule is C=CCC(C)(NC(=O)OCc1ccccc1)C1CCN(C(=O)O)CC1. The highest BCUT2D eigenvalue weighted by Crippen LogP contribution is 2.31. The third-order valence-corrected chi connectivity index (χ3v) is 4.84. The van der Waals surface area contributed by atoms with Gasteiger partial charge in [-0.3, -0.25) is 0 Å². The summed E-state index contributed by atoms with van der Waals surface area (Å²) in [6.07, 6.45) is 2.44. The van der Waals surface area contributed by atoms with Gasteiger partial charge in [0, 0.05) is 18.6 Å². The number of piperidine rings is 1. The molecule has 0 bridgehead atoms. The largest absolute Gasteiger partial charge is 0.465 e. The van der Waals surface area contributed by atoms with Gasteiger partial charge in [-0.1, -0.05) is 36.4 Å². The van der Waals surface area contributed by atoms with Gasteiger partial charge in [-0.2, -0.15) is 0 Å². The average Bonchev–Trinajstić information content (AvgIpc) is 2.61. The number of rotatable bonds is 6. The molecule has 6 heteroatoms. The Kier molecular flexibility index (Phi) is 6.44. The standard InChI is InChI=1S/C19H26N2O4/c1-3-11-19(2,16-9-12-21(13-10-16)18(23)24)20-17(22)25-14-15-7-5-4-6-8-15/h3-8,16H,1,9-14H2,2H3,(H,20,22)(H,23,24). The Morgan fingerprint density at radius 1 is 1.36 bits per heavy atom. The lowest BCUT2D eigenvalue weighted by Gasteiger charge is -2.42. The van der Waals surface area contributed by atoms with Crippen molar-refractivity contribution in [1.29, 1.82) is 0 Å². The van der Waals surface area contributed by atoms with Crippen LogP contribution >= 0.6 is 0 Å². The lowest BCUT2D eigenvalue weighted by Crippen LogP contribution is -2.54. The fraction of sp³-hybridized carbons (Fsp3) is 0.474. The molecule has 2 N–H and O–H groups in total. The first kappa shape index (κ1) is 18.8. The summed E-state index contributed by atoms with van der Waals surface area (Å²) in [7, 11) is 0. The Hall–Kier alpha value is -2.50. The molecule has 0 saturated carbocycles. The second-order valence-corrected chi connectivity index (χ2v) is 6.64. The van der Waals surface area contributed by atoms with Crippen LogP contribution in [0.1, 0.15) is 31.7 Å². The van der Waals surface area contributed by atoms with Gasteiger partial charge in [-0.15, -0.1) is 6.58 Å². The van der Waals surface area contributed by atoms with Crippen molar-refractivity contribution in [2.24, 2.45) is 5.92 Å². The number of carbonyl (C=O) groups is 2. The molecule has 136 valence electrons. The molecule has 1 aromatic rings. The van der Waals surface area contributed by atoms with Crippen molar-refractivity contribution in [3.05, 3.63) is 48.6 Å². The number of ether oxygens (including phenoxy) is 1. The van der Waals surface area contributed by atoms with Crippen molar-refractivity contribution >= 4 is 12.2 Å². The molecule has 1 fully saturated rings. The van der Waals surface area contributed by atoms with Crippen molar-refractivity contribution in [3.63, 3.8) is 0 Å². The number of carboxylic acid groups (broad SMARTS) is 1. The van der Waals surface area contributed by atoms with Gasteiger partial charge in [0.2, 0.25) is 0 Å². The van der Waals surface area contributed by atoms with E-state index in [2.05, 4.69) is 11.9 Å². The van der Waals surface area contributed by atoms with E-state index < -0.39 is 17.7 Å². The van der Waals surface area contributed by atoms with E-state index in [1.54, 1.807) is 6.08 Å². The molecule has 1 heterocycles. The van der Waals surface area contributed by atoms with Gasteiger partial charge in [0.15, 0.2) is 0 Å². The van der Waals surface area contributed by atoms with Crippen molar-refractivity contribution in [2.45, 2.75) is 38.3 Å². The van der Waals surface area contributed by atoms with Crippen LogP contribution in [0.5, 0.6) is 0 Å². The van der Waals surface area contributed by atoms with E-state index in [1.165, 1.54) is 4.90 Å². The zero-order chi connectivity index (χ0) is 18.3. The van der Waals surface area contributed by atoms with Gasteiger partial charge >= 0.3 is 12.2 Å². The molecular weight excluding hydrogens is 320 g/mol. The number of hydrogen-bond acceptors (Lipinski definition) is 3. The van der Waals surface area contributed by atoms with Gasteiger partial charge in [-0.25, -0.2) is 9.59 Å². The molecule has 1 aliphatic heterocycles. The molecule has 1 atom stereocenters. The zero-order valence-corrected chi connectivity index (χ0v) is 14.6. The molecule has 25 heavy (non-hydrogen) atoms. The maximum atomic E-state index is 12.2. The zero-order valence-electron chi connectivity index (χ0n) is 14.6. The third-order valence-electron chi connectivity index (χ3n) is 4.84. The van der Waals surface area contributed by atoms with Crippen molar-refractivity contribution in [1.82, 2.24) is 10.2 Å². The van der Waals surface area contributed by atoms with Gasteiger partial charge in [-0.05, 0) is 37.7 Å². The van der Waals surface area contributed by atoms with E-state index in [-0.39, 0.29) is 12.5 Å². The first-order valence-electron chi connectivity index (χ1n) is 8.52. The fourth-order valence-electron chi connectivity index (χ4n) is 3.32. The minimum absolute atomic E-state index is 0.172. The quantitative estimate of drug-likeness (QED) is 0.771. The molecule has 0 radical (unpaired) electrons. The number of hydrogen-bond donors (Lipinski definition) is 2. The molecule has 6 nitrogen and oxygen atoms in total. The van der Waals surface area contributed by atoms with Crippen molar-refractivity contribution < 1.29 is 19.4 Å². The molecule has 1 saturated heterocycles. The van der Waals surface area contributed by atoms with E-state index in [1.807, 2.05) is 37.3 Å². The lowest BCUT2D eigenvalue weighted by atomic mass is 9.77. The summed E-state index contributed by atoms with van der Waals surface area (Å²) >= 11 is 0. The Bertz CT molecular complexity index is 597. The van der Waals surface area contributed by atoms with Crippen LogP contribution in [0.25, 0.3) is 0 Å². The smallest absolute Gasteiger partial charge is 0.407 e. The van der Waals surface area contributed by atoms with Gasteiger partial charge in [0.05, 0.1) is 0 Å². The highest BCUT2D eigenvalue weighted by molar-refractivity contribution is 5.68. The minimum Gasteiger partial charge on any atom is -0.465 e. The van der Waals surface area contributed by atoms with Crippen molar-refractivity contribution in [3.8, 4) is 0 Å². The number of alkyl carbamates (subject to hydrolysis) is 1. The minimum atomic E-state index is -0.890. The van der Waals surface area contributed by atoms with E-state index >= 15 is 0 Å². The van der Waals surface area contributed by atoms with Crippen LogP contribution < -0.4 is 5.32 Å². The van der Waals surface area contributed by atoms with Gasteiger partial charge in [0.1, 0.15) is 6.61 Å². The maximum absolute atomic E-state index is 12.2. The predicted octanol–water partition coefficient (Wildman–Crippen LogP) is 3.64. The number of amides is 2.